The summed E-state index contributed by atoms with van der Waals surface area (Å²) in [6, 6.07) is 13.1. The van der Waals surface area contributed by atoms with Crippen LogP contribution in [0.1, 0.15) is 24.3 Å². The summed E-state index contributed by atoms with van der Waals surface area (Å²) in [5.74, 6) is -1.02. The number of sulfonamides is 1. The van der Waals surface area contributed by atoms with E-state index in [1.165, 1.54) is 35.7 Å². The van der Waals surface area contributed by atoms with E-state index in [9.17, 15) is 23.1 Å². The van der Waals surface area contributed by atoms with Crippen molar-refractivity contribution in [2.45, 2.75) is 18.7 Å². The Hall–Kier alpha value is -3.70. The maximum absolute atomic E-state index is 12.8. The number of hydrogen-bond donors (Lipinski definition) is 2. The summed E-state index contributed by atoms with van der Waals surface area (Å²) in [4.78, 5) is 25.2. The smallest absolute Gasteiger partial charge is 0.279 e. The van der Waals surface area contributed by atoms with E-state index in [0.29, 0.717) is 24.5 Å². The summed E-state index contributed by atoms with van der Waals surface area (Å²) >= 11 is 0. The predicted molar refractivity (Wildman–Crippen MR) is 123 cm³/mol. The summed E-state index contributed by atoms with van der Waals surface area (Å²) in [6.45, 7) is 4.17. The molecular formula is C22H24N4O6S. The van der Waals surface area contributed by atoms with Gasteiger partial charge >= 0.3 is 0 Å². The maximum Gasteiger partial charge on any atom is 0.279 e. The molecule has 2 aromatic carbocycles. The zero-order chi connectivity index (χ0) is 24.2. The second-order valence-corrected chi connectivity index (χ2v) is 8.81. The van der Waals surface area contributed by atoms with Crippen LogP contribution < -0.4 is 15.6 Å². The largest absolute Gasteiger partial charge is 0.505 e. The first-order valence-electron chi connectivity index (χ1n) is 10.1. The number of methoxy groups -OCH3 is 1. The van der Waals surface area contributed by atoms with Gasteiger partial charge in [-0.05, 0) is 36.4 Å². The fraction of sp³-hybridized carbons (Fsp3) is 0.227. The predicted octanol–water partition coefficient (Wildman–Crippen LogP) is 2.23. The van der Waals surface area contributed by atoms with Crippen molar-refractivity contribution in [1.29, 1.82) is 0 Å². The van der Waals surface area contributed by atoms with E-state index in [0.717, 1.165) is 10.7 Å². The minimum absolute atomic E-state index is 0.0925. The number of nitrogens with one attached hydrogen (secondary N) is 1. The number of aromatic hydroxyl groups is 1. The second kappa shape index (κ2) is 9.84. The average Bonchev–Trinajstić information content (AvgIpc) is 2.80. The third-order valence-corrected chi connectivity index (χ3v) is 6.96. The van der Waals surface area contributed by atoms with E-state index in [4.69, 9.17) is 4.74 Å². The molecule has 174 valence electrons. The summed E-state index contributed by atoms with van der Waals surface area (Å²) < 4.78 is 32.7. The molecule has 0 radical (unpaired) electrons. The van der Waals surface area contributed by atoms with Crippen LogP contribution in [0.15, 0.2) is 64.3 Å². The molecule has 0 aliphatic rings. The molecule has 0 saturated carbocycles. The van der Waals surface area contributed by atoms with Gasteiger partial charge in [-0.2, -0.15) is 14.1 Å². The standard InChI is InChI=1S/C22H24N4O6S/c1-4-25(5-2)33(30,31)16-12-10-15(11-13-16)23-22(29)21-18(27)14-20(28)26(24-21)17-8-6-7-9-19(17)32-3/h6-14,27H,4-5H2,1-3H3,(H,23,29). The van der Waals surface area contributed by atoms with Gasteiger partial charge in [-0.3, -0.25) is 9.59 Å². The van der Waals surface area contributed by atoms with Gasteiger partial charge in [0.2, 0.25) is 10.0 Å². The highest BCUT2D eigenvalue weighted by atomic mass is 32.2. The highest BCUT2D eigenvalue weighted by Gasteiger charge is 2.22. The van der Waals surface area contributed by atoms with Crippen molar-refractivity contribution in [2.24, 2.45) is 0 Å². The first-order chi connectivity index (χ1) is 15.7. The number of ether oxygens (including phenoxy) is 1. The fourth-order valence-corrected chi connectivity index (χ4v) is 4.66. The van der Waals surface area contributed by atoms with Gasteiger partial charge in [0, 0.05) is 24.8 Å². The highest BCUT2D eigenvalue weighted by Crippen LogP contribution is 2.22. The third kappa shape index (κ3) is 4.89. The Morgan fingerprint density at radius 3 is 2.36 bits per heavy atom. The SMILES string of the molecule is CCN(CC)S(=O)(=O)c1ccc(NC(=O)c2nn(-c3ccccc3OC)c(=O)cc2O)cc1. The Bertz CT molecular complexity index is 1320. The van der Waals surface area contributed by atoms with Crippen molar-refractivity contribution < 1.29 is 23.1 Å². The van der Waals surface area contributed by atoms with Crippen LogP contribution in [0.3, 0.4) is 0 Å². The zero-order valence-electron chi connectivity index (χ0n) is 18.3. The van der Waals surface area contributed by atoms with E-state index in [1.54, 1.807) is 38.1 Å². The van der Waals surface area contributed by atoms with Crippen molar-refractivity contribution in [3.8, 4) is 17.2 Å². The van der Waals surface area contributed by atoms with E-state index >= 15 is 0 Å². The highest BCUT2D eigenvalue weighted by molar-refractivity contribution is 7.89. The number of hydrogen-bond acceptors (Lipinski definition) is 7. The van der Waals surface area contributed by atoms with Crippen molar-refractivity contribution in [3.63, 3.8) is 0 Å². The third-order valence-electron chi connectivity index (χ3n) is 4.90. The number of rotatable bonds is 8. The average molecular weight is 473 g/mol. The molecule has 3 rings (SSSR count). The topological polar surface area (TPSA) is 131 Å². The number of carbonyl (C=O) groups excluding carboxylic acids is 1. The molecule has 33 heavy (non-hydrogen) atoms. The second-order valence-electron chi connectivity index (χ2n) is 6.87. The van der Waals surface area contributed by atoms with Crippen LogP contribution in [0.5, 0.6) is 11.5 Å². The van der Waals surface area contributed by atoms with Crippen LogP contribution in [0.4, 0.5) is 5.69 Å². The number of anilines is 1. The van der Waals surface area contributed by atoms with Gasteiger partial charge in [0.05, 0.1) is 12.0 Å². The first kappa shape index (κ1) is 24.0. The Balaban J connectivity index is 1.90. The van der Waals surface area contributed by atoms with Crippen molar-refractivity contribution in [2.75, 3.05) is 25.5 Å². The Labute approximate surface area is 191 Å². The number of aromatic nitrogens is 2. The Morgan fingerprint density at radius 2 is 1.76 bits per heavy atom. The molecule has 0 saturated heterocycles. The molecule has 0 bridgehead atoms. The summed E-state index contributed by atoms with van der Waals surface area (Å²) in [5, 5.41) is 16.7. The van der Waals surface area contributed by atoms with Crippen molar-refractivity contribution in [3.05, 3.63) is 70.6 Å². The number of carbonyl (C=O) groups is 1. The van der Waals surface area contributed by atoms with Crippen LogP contribution in [-0.2, 0) is 10.0 Å². The van der Waals surface area contributed by atoms with E-state index in [1.807, 2.05) is 0 Å². The lowest BCUT2D eigenvalue weighted by atomic mass is 10.2. The Morgan fingerprint density at radius 1 is 1.12 bits per heavy atom. The van der Waals surface area contributed by atoms with Crippen LogP contribution in [0.2, 0.25) is 0 Å². The van der Waals surface area contributed by atoms with Crippen LogP contribution in [0, 0.1) is 0 Å². The number of amides is 1. The molecule has 0 unspecified atom stereocenters. The van der Waals surface area contributed by atoms with Crippen molar-refractivity contribution in [1.82, 2.24) is 14.1 Å². The molecule has 10 nitrogen and oxygen atoms in total. The van der Waals surface area contributed by atoms with Crippen molar-refractivity contribution >= 4 is 21.6 Å². The van der Waals surface area contributed by atoms with Gasteiger partial charge in [-0.15, -0.1) is 0 Å². The van der Waals surface area contributed by atoms with Gasteiger partial charge in [-0.1, -0.05) is 26.0 Å². The molecule has 0 atom stereocenters. The van der Waals surface area contributed by atoms with Gasteiger partial charge in [0.15, 0.2) is 11.4 Å². The van der Waals surface area contributed by atoms with E-state index < -0.39 is 27.2 Å². The normalized spacial score (nSPS) is 11.4. The summed E-state index contributed by atoms with van der Waals surface area (Å²) in [7, 11) is -2.20. The minimum Gasteiger partial charge on any atom is -0.505 e. The van der Waals surface area contributed by atoms with E-state index in [2.05, 4.69) is 10.4 Å². The van der Waals surface area contributed by atoms with Crippen LogP contribution in [-0.4, -0.2) is 53.7 Å². The van der Waals surface area contributed by atoms with Crippen LogP contribution >= 0.6 is 0 Å². The minimum atomic E-state index is -3.63. The molecule has 1 amide bonds. The molecule has 0 fully saturated rings. The lowest BCUT2D eigenvalue weighted by Crippen LogP contribution is -2.30. The monoisotopic (exact) mass is 472 g/mol. The van der Waals surface area contributed by atoms with E-state index in [-0.39, 0.29) is 16.3 Å². The summed E-state index contributed by atoms with van der Waals surface area (Å²) in [5.41, 5.74) is -0.459. The quantitative estimate of drug-likeness (QED) is 0.514. The number of benzene rings is 2. The zero-order valence-corrected chi connectivity index (χ0v) is 19.2. The van der Waals surface area contributed by atoms with Gasteiger partial charge < -0.3 is 15.2 Å². The molecule has 0 aliphatic carbocycles. The first-order valence-corrected chi connectivity index (χ1v) is 11.5. The molecule has 0 aliphatic heterocycles. The molecule has 0 spiro atoms. The molecule has 1 aromatic heterocycles. The summed E-state index contributed by atoms with van der Waals surface area (Å²) in [6.07, 6.45) is 0. The van der Waals surface area contributed by atoms with Gasteiger partial charge in [0.25, 0.3) is 11.5 Å². The molecule has 2 N–H and O–H groups in total. The maximum atomic E-state index is 12.8. The van der Waals surface area contributed by atoms with Crippen LogP contribution in [0.25, 0.3) is 5.69 Å². The molecule has 11 heteroatoms. The van der Waals surface area contributed by atoms with Gasteiger partial charge in [-0.25, -0.2) is 8.42 Å². The molecule has 1 heterocycles. The number of nitrogens with zero attached hydrogens (tertiary/aromatic N) is 3. The number of para-hydroxylation sites is 2. The fourth-order valence-electron chi connectivity index (χ4n) is 3.20. The lowest BCUT2D eigenvalue weighted by molar-refractivity contribution is 0.101. The Kier molecular flexibility index (Phi) is 7.14. The molecule has 3 aromatic rings. The lowest BCUT2D eigenvalue weighted by Gasteiger charge is -2.18. The molecular weight excluding hydrogens is 448 g/mol. The van der Waals surface area contributed by atoms with Gasteiger partial charge in [0.1, 0.15) is 11.4 Å².